The van der Waals surface area contributed by atoms with Crippen molar-refractivity contribution in [3.8, 4) is 17.4 Å². The highest BCUT2D eigenvalue weighted by atomic mass is 35.5. The maximum Gasteiger partial charge on any atom is 0.219 e. The van der Waals surface area contributed by atoms with Gasteiger partial charge >= 0.3 is 0 Å². The highest BCUT2D eigenvalue weighted by Gasteiger charge is 2.03. The van der Waals surface area contributed by atoms with E-state index in [0.29, 0.717) is 30.7 Å². The number of hydrogen-bond donors (Lipinski definition) is 2. The van der Waals surface area contributed by atoms with Gasteiger partial charge in [0.15, 0.2) is 5.96 Å². The Morgan fingerprint density at radius 1 is 0.966 bits per heavy atom. The predicted molar refractivity (Wildman–Crippen MR) is 116 cm³/mol. The van der Waals surface area contributed by atoms with Gasteiger partial charge in [0.25, 0.3) is 0 Å². The van der Waals surface area contributed by atoms with Crippen molar-refractivity contribution < 1.29 is 9.47 Å². The van der Waals surface area contributed by atoms with Gasteiger partial charge in [0.1, 0.15) is 11.5 Å². The molecule has 1 heterocycles. The molecule has 0 radical (unpaired) electrons. The largest absolute Gasteiger partial charge is 0.497 e. The molecule has 3 rings (SSSR count). The number of rotatable bonds is 7. The molecule has 0 aliphatic rings. The fraction of sp³-hybridized carbons (Fsp3) is 0.182. The molecule has 2 N–H and O–H groups in total. The zero-order chi connectivity index (χ0) is 20.5. The van der Waals surface area contributed by atoms with Crippen LogP contribution in [0.25, 0.3) is 0 Å². The summed E-state index contributed by atoms with van der Waals surface area (Å²) in [5.41, 5.74) is 2.09. The third kappa shape index (κ3) is 6.40. The van der Waals surface area contributed by atoms with Gasteiger partial charge in [-0.05, 0) is 35.4 Å². The smallest absolute Gasteiger partial charge is 0.219 e. The van der Waals surface area contributed by atoms with Crippen LogP contribution in [-0.2, 0) is 13.1 Å². The maximum atomic E-state index is 6.02. The van der Waals surface area contributed by atoms with Crippen molar-refractivity contribution in [1.29, 1.82) is 0 Å². The molecule has 0 unspecified atom stereocenters. The molecule has 0 fully saturated rings. The lowest BCUT2D eigenvalue weighted by Crippen LogP contribution is -2.36. The number of aromatic nitrogens is 1. The van der Waals surface area contributed by atoms with Crippen molar-refractivity contribution in [2.75, 3.05) is 14.2 Å². The third-order valence-corrected chi connectivity index (χ3v) is 4.33. The first-order chi connectivity index (χ1) is 14.2. The highest BCUT2D eigenvalue weighted by Crippen LogP contribution is 2.23. The lowest BCUT2D eigenvalue weighted by molar-refractivity contribution is 0.407. The fourth-order valence-electron chi connectivity index (χ4n) is 2.60. The number of nitrogens with one attached hydrogen (secondary N) is 2. The summed E-state index contributed by atoms with van der Waals surface area (Å²) in [6, 6.07) is 18.9. The molecule has 0 bridgehead atoms. The van der Waals surface area contributed by atoms with Crippen LogP contribution in [0.4, 0.5) is 0 Å². The quantitative estimate of drug-likeness (QED) is 0.446. The molecular formula is C22H23ClN4O2. The molecule has 3 aromatic rings. The lowest BCUT2D eigenvalue weighted by atomic mass is 10.2. The molecule has 6 nitrogen and oxygen atoms in total. The normalized spacial score (nSPS) is 11.1. The van der Waals surface area contributed by atoms with Crippen molar-refractivity contribution in [3.63, 3.8) is 0 Å². The molecule has 150 valence electrons. The summed E-state index contributed by atoms with van der Waals surface area (Å²) >= 11 is 6.02. The Balaban J connectivity index is 1.50. The molecule has 7 heteroatoms. The van der Waals surface area contributed by atoms with Gasteiger partial charge in [-0.2, -0.15) is 0 Å². The number of guanidine groups is 1. The van der Waals surface area contributed by atoms with E-state index in [9.17, 15) is 0 Å². The third-order valence-electron chi connectivity index (χ3n) is 4.09. The SMILES string of the molecule is CN=C(NCc1ccc(Oc2cccc(OC)c2)nc1)NCc1cccc(Cl)c1. The molecule has 1 aromatic heterocycles. The summed E-state index contributed by atoms with van der Waals surface area (Å²) in [5.74, 6) is 2.63. The summed E-state index contributed by atoms with van der Waals surface area (Å²) in [5, 5.41) is 7.24. The molecule has 0 atom stereocenters. The van der Waals surface area contributed by atoms with Crippen LogP contribution in [0.2, 0.25) is 5.02 Å². The van der Waals surface area contributed by atoms with Gasteiger partial charge in [0, 0.05) is 43.5 Å². The van der Waals surface area contributed by atoms with Crippen LogP contribution in [0.5, 0.6) is 17.4 Å². The number of halogens is 1. The van der Waals surface area contributed by atoms with E-state index in [1.54, 1.807) is 20.4 Å². The molecule has 0 saturated carbocycles. The van der Waals surface area contributed by atoms with E-state index in [1.165, 1.54) is 0 Å². The Hall–Kier alpha value is -3.25. The summed E-state index contributed by atoms with van der Waals surface area (Å²) in [7, 11) is 3.35. The minimum atomic E-state index is 0.519. The van der Waals surface area contributed by atoms with Gasteiger partial charge in [-0.3, -0.25) is 4.99 Å². The molecule has 29 heavy (non-hydrogen) atoms. The second-order valence-corrected chi connectivity index (χ2v) is 6.63. The first-order valence-electron chi connectivity index (χ1n) is 9.12. The maximum absolute atomic E-state index is 6.02. The average Bonchev–Trinajstić information content (AvgIpc) is 2.75. The summed E-state index contributed by atoms with van der Waals surface area (Å²) in [4.78, 5) is 8.59. The van der Waals surface area contributed by atoms with Gasteiger partial charge in [-0.1, -0.05) is 35.9 Å². The zero-order valence-corrected chi connectivity index (χ0v) is 17.1. The van der Waals surface area contributed by atoms with E-state index in [0.717, 1.165) is 21.9 Å². The number of hydrogen-bond acceptors (Lipinski definition) is 4. The average molecular weight is 411 g/mol. The molecule has 2 aromatic carbocycles. The first-order valence-corrected chi connectivity index (χ1v) is 9.50. The Morgan fingerprint density at radius 3 is 2.41 bits per heavy atom. The molecule has 0 spiro atoms. The van der Waals surface area contributed by atoms with Crippen molar-refractivity contribution in [3.05, 3.63) is 83.0 Å². The topological polar surface area (TPSA) is 67.8 Å². The Morgan fingerprint density at radius 2 is 1.72 bits per heavy atom. The van der Waals surface area contributed by atoms with Gasteiger partial charge in [0.05, 0.1) is 7.11 Å². The van der Waals surface area contributed by atoms with Gasteiger partial charge in [-0.25, -0.2) is 4.98 Å². The first kappa shape index (κ1) is 20.5. The second-order valence-electron chi connectivity index (χ2n) is 6.19. The fourth-order valence-corrected chi connectivity index (χ4v) is 2.81. The molecule has 0 amide bonds. The number of pyridine rings is 1. The Kier molecular flexibility index (Phi) is 7.30. The van der Waals surface area contributed by atoms with E-state index in [4.69, 9.17) is 21.1 Å². The molecule has 0 aliphatic carbocycles. The molecule has 0 saturated heterocycles. The Bertz CT molecular complexity index is 961. The summed E-state index contributed by atoms with van der Waals surface area (Å²) in [6.45, 7) is 1.22. The van der Waals surface area contributed by atoms with Gasteiger partial charge in [0.2, 0.25) is 5.88 Å². The van der Waals surface area contributed by atoms with Crippen LogP contribution in [-0.4, -0.2) is 25.1 Å². The standard InChI is InChI=1S/C22H23ClN4O2/c1-24-22(26-13-16-5-3-6-18(23)11-16)27-15-17-9-10-21(25-14-17)29-20-8-4-7-19(12-20)28-2/h3-12,14H,13,15H2,1-2H3,(H2,24,26,27). The van der Waals surface area contributed by atoms with E-state index >= 15 is 0 Å². The lowest BCUT2D eigenvalue weighted by Gasteiger charge is -2.12. The molecular weight excluding hydrogens is 388 g/mol. The van der Waals surface area contributed by atoms with E-state index in [2.05, 4.69) is 20.6 Å². The zero-order valence-electron chi connectivity index (χ0n) is 16.4. The predicted octanol–water partition coefficient (Wildman–Crippen LogP) is 4.40. The highest BCUT2D eigenvalue weighted by molar-refractivity contribution is 6.30. The van der Waals surface area contributed by atoms with Crippen molar-refractivity contribution in [2.24, 2.45) is 4.99 Å². The Labute approximate surface area is 175 Å². The monoisotopic (exact) mass is 410 g/mol. The summed E-state index contributed by atoms with van der Waals surface area (Å²) in [6.07, 6.45) is 1.77. The van der Waals surface area contributed by atoms with E-state index < -0.39 is 0 Å². The van der Waals surface area contributed by atoms with Crippen LogP contribution < -0.4 is 20.1 Å². The van der Waals surface area contributed by atoms with Crippen molar-refractivity contribution in [1.82, 2.24) is 15.6 Å². The minimum absolute atomic E-state index is 0.519. The van der Waals surface area contributed by atoms with E-state index in [1.807, 2.05) is 60.7 Å². The van der Waals surface area contributed by atoms with Crippen molar-refractivity contribution in [2.45, 2.75) is 13.1 Å². The number of methoxy groups -OCH3 is 1. The number of aliphatic imine (C=N–C) groups is 1. The van der Waals surface area contributed by atoms with E-state index in [-0.39, 0.29) is 0 Å². The van der Waals surface area contributed by atoms with Crippen LogP contribution in [0, 0.1) is 0 Å². The van der Waals surface area contributed by atoms with Gasteiger partial charge in [-0.15, -0.1) is 0 Å². The number of benzene rings is 2. The van der Waals surface area contributed by atoms with Crippen LogP contribution in [0.15, 0.2) is 71.9 Å². The van der Waals surface area contributed by atoms with Crippen LogP contribution >= 0.6 is 11.6 Å². The van der Waals surface area contributed by atoms with Crippen LogP contribution in [0.3, 0.4) is 0 Å². The van der Waals surface area contributed by atoms with Gasteiger partial charge < -0.3 is 20.1 Å². The second kappa shape index (κ2) is 10.3. The summed E-state index contributed by atoms with van der Waals surface area (Å²) < 4.78 is 11.0. The number of ether oxygens (including phenoxy) is 2. The minimum Gasteiger partial charge on any atom is -0.497 e. The van der Waals surface area contributed by atoms with Crippen LogP contribution in [0.1, 0.15) is 11.1 Å². The molecule has 0 aliphatic heterocycles. The van der Waals surface area contributed by atoms with Crippen molar-refractivity contribution >= 4 is 17.6 Å². The number of nitrogens with zero attached hydrogens (tertiary/aromatic N) is 2.